The van der Waals surface area contributed by atoms with Crippen molar-refractivity contribution in [2.75, 3.05) is 6.54 Å². The summed E-state index contributed by atoms with van der Waals surface area (Å²) < 4.78 is 0. The summed E-state index contributed by atoms with van der Waals surface area (Å²) in [5.74, 6) is 2.61. The van der Waals surface area contributed by atoms with Crippen LogP contribution in [0.2, 0.25) is 0 Å². The molecule has 0 aliphatic heterocycles. The highest BCUT2D eigenvalue weighted by Gasteiger charge is 2.69. The van der Waals surface area contributed by atoms with E-state index >= 15 is 0 Å². The lowest BCUT2D eigenvalue weighted by Gasteiger charge is -2.43. The summed E-state index contributed by atoms with van der Waals surface area (Å²) >= 11 is 8.33. The summed E-state index contributed by atoms with van der Waals surface area (Å²) in [7, 11) is 0. The molecule has 5 atom stereocenters. The van der Waals surface area contributed by atoms with Crippen LogP contribution in [0.25, 0.3) is 0 Å². The lowest BCUT2D eigenvalue weighted by atomic mass is 9.63. The van der Waals surface area contributed by atoms with Crippen LogP contribution in [0.3, 0.4) is 0 Å². The van der Waals surface area contributed by atoms with E-state index in [1.807, 2.05) is 0 Å². The number of nitrogens with zero attached hydrogens (tertiary/aromatic N) is 1. The molecule has 0 amide bonds. The Balaban J connectivity index is 1.27. The van der Waals surface area contributed by atoms with E-state index in [1.165, 1.54) is 61.8 Å². The zero-order valence-electron chi connectivity index (χ0n) is 19.9. The lowest BCUT2D eigenvalue weighted by molar-refractivity contribution is 0.221. The summed E-state index contributed by atoms with van der Waals surface area (Å²) in [6, 6.07) is 22.3. The van der Waals surface area contributed by atoms with Crippen molar-refractivity contribution in [3.05, 3.63) is 66.2 Å². The van der Waals surface area contributed by atoms with Gasteiger partial charge in [-0.2, -0.15) is 0 Å². The highest BCUT2D eigenvalue weighted by atomic mass is 32.2. The molecule has 2 N–H and O–H groups in total. The third kappa shape index (κ3) is 3.90. The van der Waals surface area contributed by atoms with Gasteiger partial charge in [0.1, 0.15) is 4.99 Å². The molecule has 0 spiro atoms. The molecule has 2 aromatic rings. The third-order valence-corrected chi connectivity index (χ3v) is 11.6. The molecule has 5 aliphatic rings. The summed E-state index contributed by atoms with van der Waals surface area (Å²) in [6.45, 7) is 0.830. The van der Waals surface area contributed by atoms with Gasteiger partial charge in [-0.05, 0) is 105 Å². The Kier molecular flexibility index (Phi) is 6.20. The molecule has 5 aliphatic carbocycles. The van der Waals surface area contributed by atoms with Gasteiger partial charge in [0.05, 0.1) is 0 Å². The van der Waals surface area contributed by atoms with Gasteiger partial charge in [0.2, 0.25) is 0 Å². The van der Waals surface area contributed by atoms with Crippen LogP contribution in [0.5, 0.6) is 0 Å². The first kappa shape index (κ1) is 22.9. The maximum atomic E-state index is 6.22. The van der Waals surface area contributed by atoms with Crippen LogP contribution < -0.4 is 5.73 Å². The van der Waals surface area contributed by atoms with Gasteiger partial charge in [0.25, 0.3) is 0 Å². The second-order valence-electron chi connectivity index (χ2n) is 11.5. The Morgan fingerprint density at radius 1 is 0.971 bits per heavy atom. The molecule has 178 valence electrons. The van der Waals surface area contributed by atoms with Crippen molar-refractivity contribution in [1.82, 2.24) is 0 Å². The quantitative estimate of drug-likeness (QED) is 0.349. The second kappa shape index (κ2) is 9.19. The first-order valence-corrected chi connectivity index (χ1v) is 14.5. The molecule has 5 saturated carbocycles. The molecule has 2 aromatic carbocycles. The third-order valence-electron chi connectivity index (χ3n) is 9.57. The number of benzene rings is 2. The Bertz CT molecular complexity index is 1050. The van der Waals surface area contributed by atoms with Crippen molar-refractivity contribution in [2.45, 2.75) is 66.9 Å². The van der Waals surface area contributed by atoms with Gasteiger partial charge in [-0.3, -0.25) is 4.99 Å². The smallest absolute Gasteiger partial charge is 0.109 e. The van der Waals surface area contributed by atoms with Gasteiger partial charge in [-0.15, -0.1) is 11.8 Å². The lowest BCUT2D eigenvalue weighted by Crippen LogP contribution is -2.38. The highest BCUT2D eigenvalue weighted by molar-refractivity contribution is 8.00. The fourth-order valence-electron chi connectivity index (χ4n) is 8.00. The molecule has 5 unspecified atom stereocenters. The van der Waals surface area contributed by atoms with Gasteiger partial charge in [0.15, 0.2) is 0 Å². The zero-order chi connectivity index (χ0) is 23.2. The SMILES string of the molecule is NCC1CCC(C=NC(=S)C23CC4CC(c5ccccc5)(CC2C4Sc2ccccc2)C3)CC1. The van der Waals surface area contributed by atoms with Crippen molar-refractivity contribution in [1.29, 1.82) is 0 Å². The van der Waals surface area contributed by atoms with Crippen molar-refractivity contribution in [2.24, 2.45) is 39.8 Å². The predicted molar refractivity (Wildman–Crippen MR) is 148 cm³/mol. The fraction of sp³-hybridized carbons (Fsp3) is 0.533. The fourth-order valence-corrected chi connectivity index (χ4v) is 9.90. The molecule has 0 radical (unpaired) electrons. The maximum absolute atomic E-state index is 6.22. The maximum Gasteiger partial charge on any atom is 0.109 e. The van der Waals surface area contributed by atoms with E-state index in [2.05, 4.69) is 78.6 Å². The Morgan fingerprint density at radius 2 is 1.68 bits per heavy atom. The van der Waals surface area contributed by atoms with E-state index < -0.39 is 0 Å². The van der Waals surface area contributed by atoms with Crippen molar-refractivity contribution < 1.29 is 0 Å². The van der Waals surface area contributed by atoms with Crippen molar-refractivity contribution >= 4 is 35.2 Å². The minimum Gasteiger partial charge on any atom is -0.330 e. The van der Waals surface area contributed by atoms with Crippen LogP contribution in [0, 0.1) is 29.1 Å². The number of nitrogens with two attached hydrogens (primary N) is 1. The summed E-state index contributed by atoms with van der Waals surface area (Å²) in [6.07, 6.45) is 12.1. The molecule has 7 rings (SSSR count). The van der Waals surface area contributed by atoms with Gasteiger partial charge >= 0.3 is 0 Å². The largest absolute Gasteiger partial charge is 0.330 e. The molecule has 2 nitrogen and oxygen atoms in total. The van der Waals surface area contributed by atoms with Crippen LogP contribution in [-0.4, -0.2) is 23.0 Å². The van der Waals surface area contributed by atoms with Crippen LogP contribution in [-0.2, 0) is 5.41 Å². The minimum atomic E-state index is 0.0888. The average molecular weight is 489 g/mol. The number of thioether (sulfide) groups is 1. The molecule has 4 heteroatoms. The van der Waals surface area contributed by atoms with E-state index in [1.54, 1.807) is 0 Å². The molecule has 5 fully saturated rings. The van der Waals surface area contributed by atoms with Gasteiger partial charge in [-0.25, -0.2) is 0 Å². The summed E-state index contributed by atoms with van der Waals surface area (Å²) in [5.41, 5.74) is 7.80. The van der Waals surface area contributed by atoms with E-state index in [0.717, 1.165) is 11.5 Å². The first-order chi connectivity index (χ1) is 16.6. The van der Waals surface area contributed by atoms with Gasteiger partial charge in [0, 0.05) is 21.8 Å². The highest BCUT2D eigenvalue weighted by Crippen LogP contribution is 2.73. The van der Waals surface area contributed by atoms with Gasteiger partial charge in [-0.1, -0.05) is 60.7 Å². The van der Waals surface area contributed by atoms with Crippen molar-refractivity contribution in [3.8, 4) is 0 Å². The molecular formula is C30H36N2S2. The van der Waals surface area contributed by atoms with E-state index in [4.69, 9.17) is 22.9 Å². The van der Waals surface area contributed by atoms with Crippen LogP contribution >= 0.6 is 24.0 Å². The molecule has 0 aromatic heterocycles. The average Bonchev–Trinajstić information content (AvgIpc) is 3.26. The molecule has 0 heterocycles. The number of thiocarbonyl (C=S) groups is 1. The summed E-state index contributed by atoms with van der Waals surface area (Å²) in [4.78, 5) is 7.51. The predicted octanol–water partition coefficient (Wildman–Crippen LogP) is 7.07. The van der Waals surface area contributed by atoms with Crippen molar-refractivity contribution in [3.63, 3.8) is 0 Å². The van der Waals surface area contributed by atoms with E-state index in [-0.39, 0.29) is 10.8 Å². The van der Waals surface area contributed by atoms with E-state index in [0.29, 0.717) is 28.9 Å². The topological polar surface area (TPSA) is 38.4 Å². The minimum absolute atomic E-state index is 0.0888. The summed E-state index contributed by atoms with van der Waals surface area (Å²) in [5, 5.41) is 0.648. The monoisotopic (exact) mass is 488 g/mol. The molecule has 4 bridgehead atoms. The number of hydrogen-bond acceptors (Lipinski definition) is 3. The Morgan fingerprint density at radius 3 is 2.38 bits per heavy atom. The number of aliphatic imine (C=N–C) groups is 1. The Hall–Kier alpha value is -1.49. The second-order valence-corrected chi connectivity index (χ2v) is 13.1. The van der Waals surface area contributed by atoms with Crippen LogP contribution in [0.1, 0.15) is 56.9 Å². The first-order valence-electron chi connectivity index (χ1n) is 13.2. The number of rotatable bonds is 6. The zero-order valence-corrected chi connectivity index (χ0v) is 21.6. The molecular weight excluding hydrogens is 452 g/mol. The Labute approximate surface area is 214 Å². The normalized spacial score (nSPS) is 38.6. The van der Waals surface area contributed by atoms with Gasteiger partial charge < -0.3 is 5.73 Å². The molecule has 34 heavy (non-hydrogen) atoms. The standard InChI is InChI=1S/C30H36N2S2/c31-18-21-11-13-22(14-12-21)19-32-28(33)30-16-23-15-29(20-30,24-7-3-1-4-8-24)17-26(30)27(23)34-25-9-5-2-6-10-25/h1-10,19,21-23,26-27H,11-18,20,31H2. The molecule has 0 saturated heterocycles. The van der Waals surface area contributed by atoms with Crippen LogP contribution in [0.15, 0.2) is 70.6 Å². The number of hydrogen-bond donors (Lipinski definition) is 1. The van der Waals surface area contributed by atoms with Crippen LogP contribution in [0.4, 0.5) is 0 Å². The van der Waals surface area contributed by atoms with E-state index in [9.17, 15) is 0 Å².